The van der Waals surface area contributed by atoms with Crippen LogP contribution in [0.25, 0.3) is 0 Å². The second kappa shape index (κ2) is 4.91. The van der Waals surface area contributed by atoms with Crippen molar-refractivity contribution in [1.29, 1.82) is 0 Å². The zero-order chi connectivity index (χ0) is 10.7. The van der Waals surface area contributed by atoms with E-state index in [9.17, 15) is 5.11 Å². The first-order chi connectivity index (χ1) is 6.54. The number of thiophene rings is 1. The third-order valence-corrected chi connectivity index (χ3v) is 3.41. The van der Waals surface area contributed by atoms with Gasteiger partial charge in [-0.15, -0.1) is 11.3 Å². The third-order valence-electron chi connectivity index (χ3n) is 2.43. The monoisotopic (exact) mass is 213 g/mol. The van der Waals surface area contributed by atoms with E-state index < -0.39 is 0 Å². The summed E-state index contributed by atoms with van der Waals surface area (Å²) in [5.74, 6) is 0.306. The van der Waals surface area contributed by atoms with Crippen molar-refractivity contribution < 1.29 is 5.11 Å². The maximum absolute atomic E-state index is 9.36. The average molecular weight is 213 g/mol. The molecule has 1 heterocycles. The van der Waals surface area contributed by atoms with Crippen LogP contribution < -0.4 is 5.73 Å². The van der Waals surface area contributed by atoms with Crippen molar-refractivity contribution in [3.8, 4) is 0 Å². The van der Waals surface area contributed by atoms with Crippen LogP contribution in [-0.2, 0) is 0 Å². The van der Waals surface area contributed by atoms with Crippen LogP contribution >= 0.6 is 11.3 Å². The summed E-state index contributed by atoms with van der Waals surface area (Å²) in [7, 11) is 0. The molecule has 0 fully saturated rings. The molecular weight excluding hydrogens is 194 g/mol. The fourth-order valence-electron chi connectivity index (χ4n) is 1.82. The van der Waals surface area contributed by atoms with Crippen LogP contribution in [0.1, 0.15) is 34.6 Å². The second-order valence-electron chi connectivity index (χ2n) is 3.89. The van der Waals surface area contributed by atoms with Gasteiger partial charge in [0.15, 0.2) is 0 Å². The molecule has 1 aromatic heterocycles. The first-order valence-corrected chi connectivity index (χ1v) is 5.81. The Bertz CT molecular complexity index is 293. The van der Waals surface area contributed by atoms with Crippen LogP contribution in [0.3, 0.4) is 0 Å². The molecule has 0 aliphatic heterocycles. The van der Waals surface area contributed by atoms with Crippen molar-refractivity contribution in [2.75, 3.05) is 6.54 Å². The number of hydrogen-bond donors (Lipinski definition) is 2. The van der Waals surface area contributed by atoms with Gasteiger partial charge in [-0.25, -0.2) is 0 Å². The Kier molecular flexibility index (Phi) is 4.11. The molecule has 0 saturated carbocycles. The maximum atomic E-state index is 9.36. The number of aliphatic hydroxyl groups is 1. The molecule has 3 heteroatoms. The molecular formula is C11H19NOS. The van der Waals surface area contributed by atoms with Crippen molar-refractivity contribution in [1.82, 2.24) is 0 Å². The summed E-state index contributed by atoms with van der Waals surface area (Å²) in [5, 5.41) is 9.36. The molecule has 0 bridgehead atoms. The molecule has 0 radical (unpaired) electrons. The summed E-state index contributed by atoms with van der Waals surface area (Å²) in [6, 6.07) is 2.19. The van der Waals surface area contributed by atoms with Gasteiger partial charge in [-0.1, -0.05) is 0 Å². The smallest absolute Gasteiger partial charge is 0.0518 e. The van der Waals surface area contributed by atoms with Crippen molar-refractivity contribution in [2.45, 2.75) is 39.2 Å². The zero-order valence-corrected chi connectivity index (χ0v) is 9.90. The molecule has 14 heavy (non-hydrogen) atoms. The Morgan fingerprint density at radius 2 is 2.14 bits per heavy atom. The van der Waals surface area contributed by atoms with Gasteiger partial charge < -0.3 is 10.8 Å². The summed E-state index contributed by atoms with van der Waals surface area (Å²) < 4.78 is 0. The molecule has 1 aromatic rings. The zero-order valence-electron chi connectivity index (χ0n) is 9.08. The Morgan fingerprint density at radius 3 is 2.50 bits per heavy atom. The lowest BCUT2D eigenvalue weighted by molar-refractivity contribution is 0.175. The lowest BCUT2D eigenvalue weighted by Crippen LogP contribution is -2.17. The normalized spacial score (nSPS) is 15.5. The van der Waals surface area contributed by atoms with Gasteiger partial charge in [0.2, 0.25) is 0 Å². The summed E-state index contributed by atoms with van der Waals surface area (Å²) in [6.45, 7) is 6.66. The van der Waals surface area contributed by atoms with E-state index in [4.69, 9.17) is 5.73 Å². The van der Waals surface area contributed by atoms with Crippen molar-refractivity contribution in [3.05, 3.63) is 21.4 Å². The lowest BCUT2D eigenvalue weighted by atomic mass is 9.94. The van der Waals surface area contributed by atoms with E-state index in [1.807, 2.05) is 6.92 Å². The van der Waals surface area contributed by atoms with Gasteiger partial charge in [0, 0.05) is 9.75 Å². The molecule has 2 unspecified atom stereocenters. The van der Waals surface area contributed by atoms with Gasteiger partial charge in [0.05, 0.1) is 6.10 Å². The predicted octanol–water partition coefficient (Wildman–Crippen LogP) is 2.18. The van der Waals surface area contributed by atoms with Gasteiger partial charge in [-0.2, -0.15) is 0 Å². The number of rotatable bonds is 4. The first-order valence-electron chi connectivity index (χ1n) is 4.99. The highest BCUT2D eigenvalue weighted by Gasteiger charge is 2.16. The van der Waals surface area contributed by atoms with Gasteiger partial charge >= 0.3 is 0 Å². The fourth-order valence-corrected chi connectivity index (χ4v) is 2.83. The SMILES string of the molecule is Cc1cc(C(CN)CC(C)O)c(C)s1. The first kappa shape index (κ1) is 11.7. The molecule has 80 valence electrons. The minimum Gasteiger partial charge on any atom is -0.393 e. The molecule has 0 amide bonds. The Labute approximate surface area is 89.8 Å². The minimum atomic E-state index is -0.275. The molecule has 0 aliphatic rings. The van der Waals surface area contributed by atoms with Crippen molar-refractivity contribution >= 4 is 11.3 Å². The highest BCUT2D eigenvalue weighted by Crippen LogP contribution is 2.29. The predicted molar refractivity (Wildman–Crippen MR) is 61.9 cm³/mol. The number of aliphatic hydroxyl groups excluding tert-OH is 1. The van der Waals surface area contributed by atoms with Gasteiger partial charge in [0.1, 0.15) is 0 Å². The number of aryl methyl sites for hydroxylation is 2. The van der Waals surface area contributed by atoms with E-state index in [0.717, 1.165) is 6.42 Å². The summed E-state index contributed by atoms with van der Waals surface area (Å²) in [4.78, 5) is 2.65. The third kappa shape index (κ3) is 2.80. The number of nitrogens with two attached hydrogens (primary N) is 1. The van der Waals surface area contributed by atoms with Crippen molar-refractivity contribution in [2.24, 2.45) is 5.73 Å². The highest BCUT2D eigenvalue weighted by atomic mass is 32.1. The molecule has 1 rings (SSSR count). The van der Waals surface area contributed by atoms with E-state index in [-0.39, 0.29) is 6.10 Å². The van der Waals surface area contributed by atoms with Crippen LogP contribution in [0.2, 0.25) is 0 Å². The van der Waals surface area contributed by atoms with Crippen LogP contribution in [0.5, 0.6) is 0 Å². The molecule has 0 spiro atoms. The highest BCUT2D eigenvalue weighted by molar-refractivity contribution is 7.12. The number of hydrogen-bond acceptors (Lipinski definition) is 3. The van der Waals surface area contributed by atoms with Crippen LogP contribution in [0, 0.1) is 13.8 Å². The molecule has 2 nitrogen and oxygen atoms in total. The molecule has 3 N–H and O–H groups in total. The van der Waals surface area contributed by atoms with Gasteiger partial charge in [-0.05, 0) is 51.3 Å². The van der Waals surface area contributed by atoms with Crippen LogP contribution in [0.4, 0.5) is 0 Å². The quantitative estimate of drug-likeness (QED) is 0.805. The van der Waals surface area contributed by atoms with Gasteiger partial charge in [-0.3, -0.25) is 0 Å². The van der Waals surface area contributed by atoms with E-state index in [0.29, 0.717) is 12.5 Å². The summed E-state index contributed by atoms with van der Waals surface area (Å²) in [5.41, 5.74) is 7.04. The van der Waals surface area contributed by atoms with E-state index >= 15 is 0 Å². The largest absolute Gasteiger partial charge is 0.393 e. The Balaban J connectivity index is 2.83. The molecule has 0 aromatic carbocycles. The standard InChI is InChI=1S/C11H19NOS/c1-7(13)4-10(6-12)11-5-8(2)14-9(11)3/h5,7,10,13H,4,6,12H2,1-3H3. The topological polar surface area (TPSA) is 46.2 Å². The Morgan fingerprint density at radius 1 is 1.50 bits per heavy atom. The summed E-state index contributed by atoms with van der Waals surface area (Å²) >= 11 is 1.80. The van der Waals surface area contributed by atoms with Gasteiger partial charge in [0.25, 0.3) is 0 Å². The molecule has 0 saturated heterocycles. The van der Waals surface area contributed by atoms with Crippen LogP contribution in [-0.4, -0.2) is 17.8 Å². The fraction of sp³-hybridized carbons (Fsp3) is 0.636. The maximum Gasteiger partial charge on any atom is 0.0518 e. The Hall–Kier alpha value is -0.380. The minimum absolute atomic E-state index is 0.275. The molecule has 2 atom stereocenters. The van der Waals surface area contributed by atoms with E-state index in [1.165, 1.54) is 15.3 Å². The second-order valence-corrected chi connectivity index (χ2v) is 5.35. The lowest BCUT2D eigenvalue weighted by Gasteiger charge is -2.16. The van der Waals surface area contributed by atoms with Crippen molar-refractivity contribution in [3.63, 3.8) is 0 Å². The summed E-state index contributed by atoms with van der Waals surface area (Å²) in [6.07, 6.45) is 0.483. The van der Waals surface area contributed by atoms with Crippen LogP contribution in [0.15, 0.2) is 6.07 Å². The van der Waals surface area contributed by atoms with E-state index in [2.05, 4.69) is 19.9 Å². The average Bonchev–Trinajstić information content (AvgIpc) is 2.41. The van der Waals surface area contributed by atoms with E-state index in [1.54, 1.807) is 11.3 Å². The molecule has 0 aliphatic carbocycles.